The summed E-state index contributed by atoms with van der Waals surface area (Å²) in [6.07, 6.45) is 0. The van der Waals surface area contributed by atoms with Gasteiger partial charge in [0.2, 0.25) is 0 Å². The summed E-state index contributed by atoms with van der Waals surface area (Å²) in [4.78, 5) is 0. The van der Waals surface area contributed by atoms with Gasteiger partial charge in [0.1, 0.15) is 12.4 Å². The van der Waals surface area contributed by atoms with Crippen LogP contribution < -0.4 is 15.4 Å². The molecule has 2 N–H and O–H groups in total. The minimum absolute atomic E-state index is 0.107. The van der Waals surface area contributed by atoms with Crippen LogP contribution in [0.1, 0.15) is 29.2 Å². The number of ether oxygens (including phenoxy) is 1. The van der Waals surface area contributed by atoms with E-state index >= 15 is 0 Å². The molecular formula is C20H26N2OS. The van der Waals surface area contributed by atoms with Gasteiger partial charge in [-0.15, -0.1) is 0 Å². The van der Waals surface area contributed by atoms with Gasteiger partial charge in [0, 0.05) is 5.69 Å². The van der Waals surface area contributed by atoms with Crippen molar-refractivity contribution in [1.29, 1.82) is 0 Å². The Bertz CT molecular complexity index is 707. The zero-order valence-corrected chi connectivity index (χ0v) is 15.9. The molecule has 128 valence electrons. The molecule has 1 unspecified atom stereocenters. The molecule has 2 aromatic carbocycles. The van der Waals surface area contributed by atoms with Gasteiger partial charge in [-0.05, 0) is 81.2 Å². The first-order valence-corrected chi connectivity index (χ1v) is 8.61. The van der Waals surface area contributed by atoms with Gasteiger partial charge in [0.05, 0.1) is 6.04 Å². The number of hydrogen-bond donors (Lipinski definition) is 2. The molecule has 0 aliphatic heterocycles. The van der Waals surface area contributed by atoms with E-state index in [9.17, 15) is 0 Å². The molecule has 4 heteroatoms. The van der Waals surface area contributed by atoms with Crippen LogP contribution in [0.5, 0.6) is 5.75 Å². The molecule has 0 radical (unpaired) electrons. The van der Waals surface area contributed by atoms with Crippen LogP contribution >= 0.6 is 12.2 Å². The number of thiocarbonyl (C=S) groups is 1. The Balaban J connectivity index is 1.86. The topological polar surface area (TPSA) is 33.3 Å². The van der Waals surface area contributed by atoms with Gasteiger partial charge in [-0.2, -0.15) is 0 Å². The molecule has 0 bridgehead atoms. The van der Waals surface area contributed by atoms with Crippen molar-refractivity contribution >= 4 is 23.0 Å². The Kier molecular flexibility index (Phi) is 6.21. The lowest BCUT2D eigenvalue weighted by atomic mass is 10.1. The summed E-state index contributed by atoms with van der Waals surface area (Å²) in [6.45, 7) is 10.9. The molecule has 1 atom stereocenters. The highest BCUT2D eigenvalue weighted by Crippen LogP contribution is 2.22. The second-order valence-corrected chi connectivity index (χ2v) is 6.74. The molecule has 0 aromatic heterocycles. The van der Waals surface area contributed by atoms with Gasteiger partial charge in [-0.1, -0.05) is 24.3 Å². The van der Waals surface area contributed by atoms with Crippen LogP contribution in [0.3, 0.4) is 0 Å². The average molecular weight is 343 g/mol. The summed E-state index contributed by atoms with van der Waals surface area (Å²) in [5.74, 6) is 0.958. The van der Waals surface area contributed by atoms with Gasteiger partial charge < -0.3 is 15.4 Å². The summed E-state index contributed by atoms with van der Waals surface area (Å²) in [6, 6.07) is 12.5. The molecule has 0 aliphatic rings. The smallest absolute Gasteiger partial charge is 0.171 e. The summed E-state index contributed by atoms with van der Waals surface area (Å²) >= 11 is 5.39. The van der Waals surface area contributed by atoms with Crippen LogP contribution in [-0.2, 0) is 0 Å². The largest absolute Gasteiger partial charge is 0.491 e. The molecule has 0 amide bonds. The molecule has 0 saturated heterocycles. The fourth-order valence-electron chi connectivity index (χ4n) is 2.49. The van der Waals surface area contributed by atoms with Gasteiger partial charge in [0.25, 0.3) is 0 Å². The van der Waals surface area contributed by atoms with Crippen molar-refractivity contribution in [2.45, 2.75) is 40.7 Å². The monoisotopic (exact) mass is 342 g/mol. The van der Waals surface area contributed by atoms with E-state index in [-0.39, 0.29) is 6.04 Å². The Morgan fingerprint density at radius 1 is 1.00 bits per heavy atom. The van der Waals surface area contributed by atoms with E-state index in [4.69, 9.17) is 17.0 Å². The van der Waals surface area contributed by atoms with Crippen LogP contribution in [0.15, 0.2) is 36.4 Å². The summed E-state index contributed by atoms with van der Waals surface area (Å²) in [5.41, 5.74) is 5.82. The zero-order valence-electron chi connectivity index (χ0n) is 15.1. The Labute approximate surface area is 150 Å². The van der Waals surface area contributed by atoms with E-state index in [0.29, 0.717) is 11.7 Å². The first-order valence-electron chi connectivity index (χ1n) is 8.20. The predicted octanol–water partition coefficient (Wildman–Crippen LogP) is 4.67. The third-order valence-corrected chi connectivity index (χ3v) is 4.25. The van der Waals surface area contributed by atoms with Gasteiger partial charge in [-0.25, -0.2) is 0 Å². The number of benzene rings is 2. The Hall–Kier alpha value is -2.07. The maximum atomic E-state index is 5.97. The number of rotatable bonds is 5. The van der Waals surface area contributed by atoms with E-state index < -0.39 is 0 Å². The number of para-hydroxylation sites is 1. The molecule has 0 saturated carbocycles. The SMILES string of the molecule is Cc1ccc(NC(=S)NC(C)COc2c(C)cccc2C)cc1C. The number of nitrogens with one attached hydrogen (secondary N) is 2. The highest BCUT2D eigenvalue weighted by atomic mass is 32.1. The van der Waals surface area contributed by atoms with E-state index in [2.05, 4.69) is 69.5 Å². The van der Waals surface area contributed by atoms with Gasteiger partial charge in [-0.3, -0.25) is 0 Å². The van der Waals surface area contributed by atoms with E-state index in [1.165, 1.54) is 11.1 Å². The van der Waals surface area contributed by atoms with E-state index in [1.807, 2.05) is 12.1 Å². The fourth-order valence-corrected chi connectivity index (χ4v) is 2.81. The molecular weight excluding hydrogens is 316 g/mol. The fraction of sp³-hybridized carbons (Fsp3) is 0.350. The lowest BCUT2D eigenvalue weighted by Crippen LogP contribution is -2.39. The molecule has 24 heavy (non-hydrogen) atoms. The van der Waals surface area contributed by atoms with E-state index in [1.54, 1.807) is 0 Å². The van der Waals surface area contributed by atoms with Crippen molar-refractivity contribution in [3.8, 4) is 5.75 Å². The number of anilines is 1. The van der Waals surface area contributed by atoms with Crippen molar-refractivity contribution in [1.82, 2.24) is 5.32 Å². The maximum Gasteiger partial charge on any atom is 0.171 e. The van der Waals surface area contributed by atoms with Crippen molar-refractivity contribution < 1.29 is 4.74 Å². The van der Waals surface area contributed by atoms with Crippen molar-refractivity contribution in [2.75, 3.05) is 11.9 Å². The van der Waals surface area contributed by atoms with Gasteiger partial charge in [0.15, 0.2) is 5.11 Å². The van der Waals surface area contributed by atoms with Crippen molar-refractivity contribution in [3.63, 3.8) is 0 Å². The van der Waals surface area contributed by atoms with Gasteiger partial charge >= 0.3 is 0 Å². The third kappa shape index (κ3) is 4.96. The zero-order chi connectivity index (χ0) is 17.7. The summed E-state index contributed by atoms with van der Waals surface area (Å²) in [5, 5.41) is 7.10. The van der Waals surface area contributed by atoms with Crippen molar-refractivity contribution in [3.05, 3.63) is 58.7 Å². The molecule has 0 aliphatic carbocycles. The summed E-state index contributed by atoms with van der Waals surface area (Å²) < 4.78 is 5.97. The Morgan fingerprint density at radius 3 is 2.29 bits per heavy atom. The predicted molar refractivity (Wildman–Crippen MR) is 106 cm³/mol. The highest BCUT2D eigenvalue weighted by molar-refractivity contribution is 7.80. The van der Waals surface area contributed by atoms with Crippen LogP contribution in [0, 0.1) is 27.7 Å². The van der Waals surface area contributed by atoms with Crippen LogP contribution in [-0.4, -0.2) is 17.8 Å². The first kappa shape index (κ1) is 18.3. The minimum atomic E-state index is 0.107. The molecule has 2 aromatic rings. The van der Waals surface area contributed by atoms with Crippen LogP contribution in [0.25, 0.3) is 0 Å². The van der Waals surface area contributed by atoms with E-state index in [0.717, 1.165) is 22.6 Å². The molecule has 2 rings (SSSR count). The number of hydrogen-bond acceptors (Lipinski definition) is 2. The quantitative estimate of drug-likeness (QED) is 0.773. The average Bonchev–Trinajstić information content (AvgIpc) is 2.50. The highest BCUT2D eigenvalue weighted by Gasteiger charge is 2.08. The molecule has 0 heterocycles. The molecule has 3 nitrogen and oxygen atoms in total. The summed E-state index contributed by atoms with van der Waals surface area (Å²) in [7, 11) is 0. The van der Waals surface area contributed by atoms with Crippen molar-refractivity contribution in [2.24, 2.45) is 0 Å². The van der Waals surface area contributed by atoms with Crippen LogP contribution in [0.4, 0.5) is 5.69 Å². The standard InChI is InChI=1S/C20H26N2OS/c1-13-9-10-18(11-16(13)4)22-20(24)21-17(5)12-23-19-14(2)7-6-8-15(19)3/h6-11,17H,12H2,1-5H3,(H2,21,22,24). The molecule has 0 fully saturated rings. The second kappa shape index (κ2) is 8.15. The molecule has 0 spiro atoms. The lowest BCUT2D eigenvalue weighted by molar-refractivity contribution is 0.283. The maximum absolute atomic E-state index is 5.97. The minimum Gasteiger partial charge on any atom is -0.491 e. The normalized spacial score (nSPS) is 11.7. The number of aryl methyl sites for hydroxylation is 4. The Morgan fingerprint density at radius 2 is 1.67 bits per heavy atom. The second-order valence-electron chi connectivity index (χ2n) is 6.33. The van der Waals surface area contributed by atoms with Crippen LogP contribution in [0.2, 0.25) is 0 Å². The third-order valence-electron chi connectivity index (χ3n) is 4.03. The lowest BCUT2D eigenvalue weighted by Gasteiger charge is -2.19. The first-order chi connectivity index (χ1) is 11.4.